The molecule has 0 aromatic carbocycles. The highest BCUT2D eigenvalue weighted by atomic mass is 16.3. The van der Waals surface area contributed by atoms with Crippen LogP contribution < -0.4 is 4.40 Å². The van der Waals surface area contributed by atoms with Gasteiger partial charge >= 0.3 is 5.88 Å². The van der Waals surface area contributed by atoms with Gasteiger partial charge in [0.2, 0.25) is 5.78 Å². The van der Waals surface area contributed by atoms with Gasteiger partial charge in [-0.1, -0.05) is 6.07 Å². The SMILES string of the molecule is CC(=O)c1c(O)[n+]2ccccc2n1CCC#N. The molecule has 0 spiro atoms. The van der Waals surface area contributed by atoms with Gasteiger partial charge in [0.25, 0.3) is 11.3 Å². The number of Topliss-reactive ketones (excluding diaryl/α,β-unsaturated/α-hetero) is 1. The third-order valence-electron chi connectivity index (χ3n) is 2.61. The number of hydrogen-bond acceptors (Lipinski definition) is 3. The number of carbonyl (C=O) groups is 1. The van der Waals surface area contributed by atoms with Crippen molar-refractivity contribution in [2.24, 2.45) is 0 Å². The Balaban J connectivity index is 2.72. The number of aromatic nitrogens is 2. The van der Waals surface area contributed by atoms with E-state index in [1.807, 2.05) is 12.1 Å². The van der Waals surface area contributed by atoms with Crippen molar-refractivity contribution in [2.45, 2.75) is 19.9 Å². The number of nitrogens with zero attached hydrogens (tertiary/aromatic N) is 3. The summed E-state index contributed by atoms with van der Waals surface area (Å²) in [5, 5.41) is 18.6. The van der Waals surface area contributed by atoms with E-state index >= 15 is 0 Å². The molecule has 0 unspecified atom stereocenters. The summed E-state index contributed by atoms with van der Waals surface area (Å²) in [5.74, 6) is -0.296. The molecule has 0 aliphatic rings. The van der Waals surface area contributed by atoms with Gasteiger partial charge in [0.15, 0.2) is 0 Å². The smallest absolute Gasteiger partial charge is 0.339 e. The number of ketones is 1. The van der Waals surface area contributed by atoms with Crippen molar-refractivity contribution in [3.05, 3.63) is 30.1 Å². The van der Waals surface area contributed by atoms with Crippen LogP contribution in [0.15, 0.2) is 24.4 Å². The molecule has 0 atom stereocenters. The predicted octanol–water partition coefficient (Wildman–Crippen LogP) is 1.05. The Kier molecular flexibility index (Phi) is 2.79. The lowest BCUT2D eigenvalue weighted by Crippen LogP contribution is -2.19. The van der Waals surface area contributed by atoms with Crippen LogP contribution in [0.2, 0.25) is 0 Å². The van der Waals surface area contributed by atoms with E-state index in [-0.39, 0.29) is 17.4 Å². The molecule has 0 radical (unpaired) electrons. The number of aryl methyl sites for hydroxylation is 1. The molecule has 86 valence electrons. The Bertz CT molecular complexity index is 622. The molecular formula is C12H12N3O2+. The number of fused-ring (bicyclic) bond motifs is 1. The molecule has 5 nitrogen and oxygen atoms in total. The minimum absolute atomic E-state index is 0.0777. The number of pyridine rings is 1. The molecule has 0 bridgehead atoms. The van der Waals surface area contributed by atoms with Gasteiger partial charge in [-0.2, -0.15) is 9.66 Å². The Morgan fingerprint density at radius 1 is 1.59 bits per heavy atom. The zero-order valence-corrected chi connectivity index (χ0v) is 9.42. The average molecular weight is 230 g/mol. The molecule has 0 saturated heterocycles. The van der Waals surface area contributed by atoms with E-state index < -0.39 is 0 Å². The fourth-order valence-electron chi connectivity index (χ4n) is 1.92. The number of carbonyl (C=O) groups excluding carboxylic acids is 1. The largest absolute Gasteiger partial charge is 0.474 e. The van der Waals surface area contributed by atoms with Gasteiger partial charge in [0.05, 0.1) is 18.7 Å². The molecule has 0 fully saturated rings. The maximum atomic E-state index is 11.5. The van der Waals surface area contributed by atoms with Gasteiger partial charge in [-0.15, -0.1) is 0 Å². The molecule has 0 amide bonds. The fraction of sp³-hybridized carbons (Fsp3) is 0.250. The quantitative estimate of drug-likeness (QED) is 0.632. The second-order valence-corrected chi connectivity index (χ2v) is 3.72. The molecule has 0 aliphatic heterocycles. The first-order valence-corrected chi connectivity index (χ1v) is 5.26. The summed E-state index contributed by atoms with van der Waals surface area (Å²) in [6.45, 7) is 1.79. The summed E-state index contributed by atoms with van der Waals surface area (Å²) in [6, 6.07) is 7.42. The monoisotopic (exact) mass is 230 g/mol. The topological polar surface area (TPSA) is 70.1 Å². The summed E-state index contributed by atoms with van der Waals surface area (Å²) >= 11 is 0. The molecular weight excluding hydrogens is 218 g/mol. The van der Waals surface area contributed by atoms with E-state index in [9.17, 15) is 9.90 Å². The van der Waals surface area contributed by atoms with E-state index in [0.717, 1.165) is 0 Å². The van der Waals surface area contributed by atoms with Crippen molar-refractivity contribution >= 4 is 11.4 Å². The van der Waals surface area contributed by atoms with Crippen LogP contribution in [0.1, 0.15) is 23.8 Å². The zero-order chi connectivity index (χ0) is 12.4. The van der Waals surface area contributed by atoms with Crippen molar-refractivity contribution in [1.82, 2.24) is 4.57 Å². The van der Waals surface area contributed by atoms with Crippen molar-refractivity contribution < 1.29 is 14.3 Å². The number of aromatic hydroxyl groups is 1. The van der Waals surface area contributed by atoms with Gasteiger partial charge in [0, 0.05) is 13.0 Å². The zero-order valence-electron chi connectivity index (χ0n) is 9.42. The first-order chi connectivity index (χ1) is 8.16. The second-order valence-electron chi connectivity index (χ2n) is 3.72. The highest BCUT2D eigenvalue weighted by molar-refractivity contribution is 5.94. The lowest BCUT2D eigenvalue weighted by Gasteiger charge is -1.95. The van der Waals surface area contributed by atoms with Crippen molar-refractivity contribution in [1.29, 1.82) is 5.26 Å². The molecule has 5 heteroatoms. The number of hydrogen-bond donors (Lipinski definition) is 1. The van der Waals surface area contributed by atoms with Crippen LogP contribution >= 0.6 is 0 Å². The molecule has 17 heavy (non-hydrogen) atoms. The summed E-state index contributed by atoms with van der Waals surface area (Å²) < 4.78 is 3.20. The Labute approximate surface area is 98.2 Å². The minimum atomic E-state index is -0.218. The average Bonchev–Trinajstić information content (AvgIpc) is 2.60. The van der Waals surface area contributed by atoms with Gasteiger partial charge in [0.1, 0.15) is 6.54 Å². The van der Waals surface area contributed by atoms with Crippen LogP contribution in [0.5, 0.6) is 5.88 Å². The van der Waals surface area contributed by atoms with Crippen molar-refractivity contribution in [3.8, 4) is 11.9 Å². The van der Waals surface area contributed by atoms with E-state index in [2.05, 4.69) is 0 Å². The molecule has 2 rings (SSSR count). The van der Waals surface area contributed by atoms with E-state index in [1.165, 1.54) is 11.3 Å². The van der Waals surface area contributed by atoms with Crippen LogP contribution in [-0.4, -0.2) is 15.5 Å². The summed E-state index contributed by atoms with van der Waals surface area (Å²) in [5.41, 5.74) is 0.942. The fourth-order valence-corrected chi connectivity index (χ4v) is 1.92. The number of rotatable bonds is 3. The van der Waals surface area contributed by atoms with E-state index in [1.54, 1.807) is 22.9 Å². The Morgan fingerprint density at radius 2 is 2.35 bits per heavy atom. The molecule has 0 saturated carbocycles. The maximum Gasteiger partial charge on any atom is 0.339 e. The van der Waals surface area contributed by atoms with Crippen LogP contribution in [0, 0.1) is 11.3 Å². The third-order valence-corrected chi connectivity index (χ3v) is 2.61. The number of nitriles is 1. The van der Waals surface area contributed by atoms with E-state index in [4.69, 9.17) is 5.26 Å². The van der Waals surface area contributed by atoms with Crippen LogP contribution in [0.4, 0.5) is 0 Å². The van der Waals surface area contributed by atoms with Gasteiger partial charge in [-0.3, -0.25) is 4.79 Å². The van der Waals surface area contributed by atoms with Crippen LogP contribution in [0.3, 0.4) is 0 Å². The predicted molar refractivity (Wildman–Crippen MR) is 59.5 cm³/mol. The lowest BCUT2D eigenvalue weighted by molar-refractivity contribution is -0.521. The molecule has 0 aliphatic carbocycles. The highest BCUT2D eigenvalue weighted by Crippen LogP contribution is 2.18. The lowest BCUT2D eigenvalue weighted by atomic mass is 10.3. The third kappa shape index (κ3) is 1.74. The highest BCUT2D eigenvalue weighted by Gasteiger charge is 2.27. The standard InChI is InChI=1S/C12H11N3O2/c1-9(16)11-12(17)15-7-3-2-5-10(15)14(11)8-4-6-13/h2-3,5,7H,4,8H2,1H3/p+1. The number of imidazole rings is 1. The van der Waals surface area contributed by atoms with Gasteiger partial charge < -0.3 is 5.11 Å². The molecule has 2 aromatic rings. The van der Waals surface area contributed by atoms with Crippen molar-refractivity contribution in [3.63, 3.8) is 0 Å². The first-order valence-electron chi connectivity index (χ1n) is 5.26. The second kappa shape index (κ2) is 4.26. The summed E-state index contributed by atoms with van der Waals surface area (Å²) in [6.07, 6.45) is 1.97. The maximum absolute atomic E-state index is 11.5. The van der Waals surface area contributed by atoms with Crippen molar-refractivity contribution in [2.75, 3.05) is 0 Å². The van der Waals surface area contributed by atoms with Gasteiger partial charge in [-0.25, -0.2) is 4.57 Å². The minimum Gasteiger partial charge on any atom is -0.474 e. The van der Waals surface area contributed by atoms with E-state index in [0.29, 0.717) is 18.6 Å². The first kappa shape index (κ1) is 11.1. The molecule has 2 aromatic heterocycles. The Hall–Kier alpha value is -2.35. The summed E-state index contributed by atoms with van der Waals surface area (Å²) in [7, 11) is 0. The molecule has 2 heterocycles. The summed E-state index contributed by atoms with van der Waals surface area (Å²) in [4.78, 5) is 11.5. The van der Waals surface area contributed by atoms with Gasteiger partial charge in [-0.05, 0) is 6.07 Å². The normalized spacial score (nSPS) is 10.4. The van der Waals surface area contributed by atoms with Crippen LogP contribution in [0.25, 0.3) is 5.65 Å². The molecule has 1 N–H and O–H groups in total. The Morgan fingerprint density at radius 3 is 3.00 bits per heavy atom. The van der Waals surface area contributed by atoms with Crippen LogP contribution in [-0.2, 0) is 6.54 Å².